The minimum absolute atomic E-state index is 0.188. The third-order valence-electron chi connectivity index (χ3n) is 4.51. The highest BCUT2D eigenvalue weighted by atomic mass is 32.2. The Labute approximate surface area is 154 Å². The van der Waals surface area contributed by atoms with Gasteiger partial charge in [0, 0.05) is 6.54 Å². The lowest BCUT2D eigenvalue weighted by molar-refractivity contribution is 0.0708. The number of hydrogen-bond donors (Lipinski definition) is 0. The molecule has 0 aromatic heterocycles. The monoisotopic (exact) mass is 370 g/mol. The minimum atomic E-state index is -3.87. The fourth-order valence-corrected chi connectivity index (χ4v) is 4.92. The van der Waals surface area contributed by atoms with Crippen molar-refractivity contribution in [2.45, 2.75) is 31.8 Å². The first-order valence-corrected chi connectivity index (χ1v) is 9.89. The van der Waals surface area contributed by atoms with Crippen LogP contribution in [0, 0.1) is 6.92 Å². The molecule has 0 saturated carbocycles. The van der Waals surface area contributed by atoms with Crippen molar-refractivity contribution in [3.63, 3.8) is 0 Å². The maximum atomic E-state index is 13.5. The Kier molecular flexibility index (Phi) is 4.63. The van der Waals surface area contributed by atoms with Crippen molar-refractivity contribution in [2.75, 3.05) is 10.8 Å². The number of amides is 1. The number of para-hydroxylation sites is 1. The van der Waals surface area contributed by atoms with Gasteiger partial charge in [-0.15, -0.1) is 0 Å². The molecule has 0 bridgehead atoms. The van der Waals surface area contributed by atoms with E-state index in [0.29, 0.717) is 23.4 Å². The van der Waals surface area contributed by atoms with Crippen molar-refractivity contribution in [2.24, 2.45) is 0 Å². The van der Waals surface area contributed by atoms with Gasteiger partial charge >= 0.3 is 0 Å². The second-order valence-corrected chi connectivity index (χ2v) is 8.26. The van der Waals surface area contributed by atoms with Crippen molar-refractivity contribution in [1.29, 1.82) is 0 Å². The van der Waals surface area contributed by atoms with Crippen molar-refractivity contribution >= 4 is 21.6 Å². The molecule has 2 aromatic rings. The molecule has 0 aliphatic carbocycles. The fourth-order valence-electron chi connectivity index (χ4n) is 3.24. The van der Waals surface area contributed by atoms with Crippen LogP contribution >= 0.6 is 0 Å². The van der Waals surface area contributed by atoms with E-state index in [0.717, 1.165) is 5.56 Å². The molecular weight excluding hydrogens is 348 g/mol. The van der Waals surface area contributed by atoms with Crippen LogP contribution in [0.4, 0.5) is 5.69 Å². The molecule has 0 fully saturated rings. The highest BCUT2D eigenvalue weighted by Crippen LogP contribution is 2.37. The van der Waals surface area contributed by atoms with E-state index in [1.54, 1.807) is 55.5 Å². The summed E-state index contributed by atoms with van der Waals surface area (Å²) in [5.41, 5.74) is 2.33. The van der Waals surface area contributed by atoms with Gasteiger partial charge in [-0.3, -0.25) is 4.79 Å². The summed E-state index contributed by atoms with van der Waals surface area (Å²) in [4.78, 5) is 14.6. The average molecular weight is 370 g/mol. The van der Waals surface area contributed by atoms with Crippen LogP contribution in [0.15, 0.2) is 65.6 Å². The first-order valence-electron chi connectivity index (χ1n) is 8.45. The van der Waals surface area contributed by atoms with Crippen molar-refractivity contribution in [1.82, 2.24) is 4.90 Å². The molecule has 1 unspecified atom stereocenters. The molecule has 0 radical (unpaired) electrons. The van der Waals surface area contributed by atoms with Gasteiger partial charge in [0.1, 0.15) is 6.17 Å². The van der Waals surface area contributed by atoms with Gasteiger partial charge in [-0.25, -0.2) is 12.7 Å². The van der Waals surface area contributed by atoms with Gasteiger partial charge in [0.05, 0.1) is 16.1 Å². The summed E-state index contributed by atoms with van der Waals surface area (Å²) < 4.78 is 28.3. The molecule has 0 N–H and O–H groups in total. The number of likely N-dealkylation sites (N-methyl/N-ethyl adjacent to an activating group) is 1. The maximum absolute atomic E-state index is 13.5. The van der Waals surface area contributed by atoms with Gasteiger partial charge in [0.25, 0.3) is 15.9 Å². The fraction of sp³-hybridized carbons (Fsp3) is 0.250. The van der Waals surface area contributed by atoms with Crippen LogP contribution in [0.5, 0.6) is 0 Å². The van der Waals surface area contributed by atoms with Crippen LogP contribution in [0.2, 0.25) is 0 Å². The van der Waals surface area contributed by atoms with E-state index in [2.05, 4.69) is 6.58 Å². The summed E-state index contributed by atoms with van der Waals surface area (Å²) in [6, 6.07) is 13.5. The standard InChI is InChI=1S/C20H22N2O3S/c1-5-21-19(14(2)3)22(18-9-7-6-8-17(18)20(21)23)26(24,25)16-12-10-15(4)11-13-16/h6-13,19H,2,5H2,1,3-4H3. The number of carbonyl (C=O) groups is 1. The molecule has 136 valence electrons. The maximum Gasteiger partial charge on any atom is 0.266 e. The number of carbonyl (C=O) groups excluding carboxylic acids is 1. The van der Waals surface area contributed by atoms with E-state index in [1.165, 1.54) is 9.21 Å². The van der Waals surface area contributed by atoms with Gasteiger partial charge in [-0.2, -0.15) is 0 Å². The summed E-state index contributed by atoms with van der Waals surface area (Å²) in [5, 5.41) is 0. The number of benzene rings is 2. The molecule has 2 aromatic carbocycles. The Morgan fingerprint density at radius 1 is 1.12 bits per heavy atom. The smallest absolute Gasteiger partial charge is 0.266 e. The van der Waals surface area contributed by atoms with Crippen LogP contribution in [0.25, 0.3) is 0 Å². The summed E-state index contributed by atoms with van der Waals surface area (Å²) in [6.45, 7) is 9.81. The van der Waals surface area contributed by atoms with Gasteiger partial charge in [-0.1, -0.05) is 36.4 Å². The van der Waals surface area contributed by atoms with E-state index in [4.69, 9.17) is 0 Å². The Bertz CT molecular complexity index is 965. The molecule has 1 aliphatic heterocycles. The minimum Gasteiger partial charge on any atom is -0.314 e. The zero-order valence-electron chi connectivity index (χ0n) is 15.1. The molecule has 1 heterocycles. The Morgan fingerprint density at radius 3 is 2.31 bits per heavy atom. The molecule has 1 atom stereocenters. The Hall–Kier alpha value is -2.60. The van der Waals surface area contributed by atoms with Crippen molar-refractivity contribution < 1.29 is 13.2 Å². The van der Waals surface area contributed by atoms with Gasteiger partial charge in [0.2, 0.25) is 0 Å². The van der Waals surface area contributed by atoms with Gasteiger partial charge < -0.3 is 4.90 Å². The van der Waals surface area contributed by atoms with Crippen molar-refractivity contribution in [3.05, 3.63) is 71.8 Å². The Balaban J connectivity index is 2.27. The van der Waals surface area contributed by atoms with Crippen LogP contribution < -0.4 is 4.31 Å². The van der Waals surface area contributed by atoms with Crippen LogP contribution in [-0.4, -0.2) is 31.9 Å². The largest absolute Gasteiger partial charge is 0.314 e. The lowest BCUT2D eigenvalue weighted by Crippen LogP contribution is -2.57. The lowest BCUT2D eigenvalue weighted by atomic mass is 10.1. The average Bonchev–Trinajstić information content (AvgIpc) is 2.61. The second-order valence-electron chi connectivity index (χ2n) is 6.44. The molecule has 0 spiro atoms. The quantitative estimate of drug-likeness (QED) is 0.773. The predicted molar refractivity (Wildman–Crippen MR) is 103 cm³/mol. The highest BCUT2D eigenvalue weighted by molar-refractivity contribution is 7.92. The first-order chi connectivity index (χ1) is 12.3. The van der Waals surface area contributed by atoms with E-state index < -0.39 is 16.2 Å². The summed E-state index contributed by atoms with van der Waals surface area (Å²) in [7, 11) is -3.87. The normalized spacial score (nSPS) is 17.2. The van der Waals surface area contributed by atoms with Gasteiger partial charge in [-0.05, 0) is 50.6 Å². The molecule has 6 heteroatoms. The number of rotatable bonds is 4. The number of hydrogen-bond acceptors (Lipinski definition) is 3. The molecular formula is C20H22N2O3S. The topological polar surface area (TPSA) is 57.7 Å². The number of fused-ring (bicyclic) bond motifs is 1. The number of aryl methyl sites for hydroxylation is 1. The second kappa shape index (κ2) is 6.61. The highest BCUT2D eigenvalue weighted by Gasteiger charge is 2.43. The van der Waals surface area contributed by atoms with Crippen LogP contribution in [0.1, 0.15) is 29.8 Å². The SMILES string of the molecule is C=C(C)C1N(CC)C(=O)c2ccccc2N1S(=O)(=O)c1ccc(C)cc1. The van der Waals surface area contributed by atoms with Crippen LogP contribution in [-0.2, 0) is 10.0 Å². The molecule has 5 nitrogen and oxygen atoms in total. The predicted octanol–water partition coefficient (Wildman–Crippen LogP) is 3.57. The molecule has 0 saturated heterocycles. The molecule has 1 amide bonds. The molecule has 26 heavy (non-hydrogen) atoms. The van der Waals surface area contributed by atoms with Crippen molar-refractivity contribution in [3.8, 4) is 0 Å². The number of sulfonamides is 1. The van der Waals surface area contributed by atoms with Gasteiger partial charge in [0.15, 0.2) is 0 Å². The summed E-state index contributed by atoms with van der Waals surface area (Å²) in [6.07, 6.45) is -0.756. The lowest BCUT2D eigenvalue weighted by Gasteiger charge is -2.44. The van der Waals surface area contributed by atoms with E-state index in [-0.39, 0.29) is 10.8 Å². The Morgan fingerprint density at radius 2 is 1.73 bits per heavy atom. The van der Waals surface area contributed by atoms with Crippen LogP contribution in [0.3, 0.4) is 0 Å². The van der Waals surface area contributed by atoms with E-state index >= 15 is 0 Å². The number of anilines is 1. The number of nitrogens with zero attached hydrogens (tertiary/aromatic N) is 2. The molecule has 3 rings (SSSR count). The first kappa shape index (κ1) is 18.2. The third kappa shape index (κ3) is 2.80. The zero-order chi connectivity index (χ0) is 19.1. The summed E-state index contributed by atoms with van der Waals surface area (Å²) >= 11 is 0. The van der Waals surface area contributed by atoms with E-state index in [1.807, 2.05) is 13.8 Å². The molecule has 1 aliphatic rings. The van der Waals surface area contributed by atoms with E-state index in [9.17, 15) is 13.2 Å². The summed E-state index contributed by atoms with van der Waals surface area (Å²) in [5.74, 6) is -0.188. The third-order valence-corrected chi connectivity index (χ3v) is 6.29. The zero-order valence-corrected chi connectivity index (χ0v) is 16.0.